The molecule has 1 aliphatic carbocycles. The molecule has 2 amide bonds. The zero-order chi connectivity index (χ0) is 20.4. The molecule has 0 bridgehead atoms. The van der Waals surface area contributed by atoms with Crippen LogP contribution in [0.5, 0.6) is 0 Å². The highest BCUT2D eigenvalue weighted by Gasteiger charge is 2.31. The number of likely N-dealkylation sites (N-methyl/N-ethyl adjacent to an activating group) is 1. The van der Waals surface area contributed by atoms with E-state index in [-0.39, 0.29) is 17.6 Å². The lowest BCUT2D eigenvalue weighted by molar-refractivity contribution is -0.122. The summed E-state index contributed by atoms with van der Waals surface area (Å²) in [6.45, 7) is 5.28. The number of benzene rings is 1. The van der Waals surface area contributed by atoms with Crippen molar-refractivity contribution in [2.24, 2.45) is 0 Å². The Kier molecular flexibility index (Phi) is 5.62. The molecule has 7 nitrogen and oxygen atoms in total. The number of carbonyl (C=O) groups excluding carboxylic acids is 2. The maximum Gasteiger partial charge on any atom is 0.274 e. The van der Waals surface area contributed by atoms with Gasteiger partial charge in [-0.25, -0.2) is 9.07 Å². The summed E-state index contributed by atoms with van der Waals surface area (Å²) in [5.41, 5.74) is 2.71. The quantitative estimate of drug-likeness (QED) is 0.825. The van der Waals surface area contributed by atoms with Gasteiger partial charge >= 0.3 is 0 Å². The molecule has 0 saturated carbocycles. The standard InChI is InChI=1S/C21H26FN5O2/c1-2-23-19(28)14-25-10-12-26(13-11-25)21(29)20-15-6-5-9-17(15)27(24-20)18-8-4-3-7-16(18)22/h3-4,7-8H,2,5-6,9-14H2,1H3,(H,23,28). The van der Waals surface area contributed by atoms with Crippen LogP contribution in [0.25, 0.3) is 5.69 Å². The zero-order valence-electron chi connectivity index (χ0n) is 16.7. The van der Waals surface area contributed by atoms with Crippen LogP contribution in [0.4, 0.5) is 4.39 Å². The van der Waals surface area contributed by atoms with E-state index in [1.807, 2.05) is 6.92 Å². The van der Waals surface area contributed by atoms with E-state index in [4.69, 9.17) is 0 Å². The number of rotatable bonds is 5. The van der Waals surface area contributed by atoms with Crippen molar-refractivity contribution >= 4 is 11.8 Å². The molecule has 1 aromatic heterocycles. The molecule has 2 heterocycles. The molecule has 154 valence electrons. The van der Waals surface area contributed by atoms with Crippen LogP contribution in [-0.2, 0) is 17.6 Å². The average Bonchev–Trinajstić information content (AvgIpc) is 3.32. The maximum absolute atomic E-state index is 14.3. The highest BCUT2D eigenvalue weighted by molar-refractivity contribution is 5.94. The van der Waals surface area contributed by atoms with Crippen LogP contribution < -0.4 is 5.32 Å². The van der Waals surface area contributed by atoms with E-state index in [0.717, 1.165) is 30.5 Å². The molecule has 0 spiro atoms. The Hall–Kier alpha value is -2.74. The predicted octanol–water partition coefficient (Wildman–Crippen LogP) is 1.39. The Bertz CT molecular complexity index is 918. The largest absolute Gasteiger partial charge is 0.355 e. The lowest BCUT2D eigenvalue weighted by Crippen LogP contribution is -2.51. The Morgan fingerprint density at radius 3 is 2.62 bits per heavy atom. The van der Waals surface area contributed by atoms with Crippen molar-refractivity contribution in [3.8, 4) is 5.69 Å². The van der Waals surface area contributed by atoms with Gasteiger partial charge in [-0.05, 0) is 38.3 Å². The summed E-state index contributed by atoms with van der Waals surface area (Å²) in [7, 11) is 0. The van der Waals surface area contributed by atoms with Crippen LogP contribution in [0.2, 0.25) is 0 Å². The number of halogens is 1. The molecular weight excluding hydrogens is 373 g/mol. The fraction of sp³-hybridized carbons (Fsp3) is 0.476. The molecule has 4 rings (SSSR count). The van der Waals surface area contributed by atoms with Gasteiger partial charge in [0, 0.05) is 44.0 Å². The van der Waals surface area contributed by atoms with Gasteiger partial charge in [-0.2, -0.15) is 5.10 Å². The number of nitrogens with zero attached hydrogens (tertiary/aromatic N) is 4. The number of nitrogens with one attached hydrogen (secondary N) is 1. The van der Waals surface area contributed by atoms with Gasteiger partial charge < -0.3 is 10.2 Å². The molecule has 1 N–H and O–H groups in total. The molecule has 1 aromatic carbocycles. The van der Waals surface area contributed by atoms with Crippen LogP contribution >= 0.6 is 0 Å². The molecule has 2 aromatic rings. The second-order valence-electron chi connectivity index (χ2n) is 7.51. The van der Waals surface area contributed by atoms with Gasteiger partial charge in [-0.15, -0.1) is 0 Å². The number of hydrogen-bond acceptors (Lipinski definition) is 4. The first-order valence-electron chi connectivity index (χ1n) is 10.2. The minimum absolute atomic E-state index is 0.00808. The maximum atomic E-state index is 14.3. The second-order valence-corrected chi connectivity index (χ2v) is 7.51. The van der Waals surface area contributed by atoms with Gasteiger partial charge in [-0.1, -0.05) is 12.1 Å². The van der Waals surface area contributed by atoms with E-state index in [2.05, 4.69) is 15.3 Å². The van der Waals surface area contributed by atoms with E-state index in [0.29, 0.717) is 50.6 Å². The van der Waals surface area contributed by atoms with Crippen LogP contribution in [0, 0.1) is 5.82 Å². The first-order chi connectivity index (χ1) is 14.1. The summed E-state index contributed by atoms with van der Waals surface area (Å²) in [6.07, 6.45) is 2.54. The Labute approximate surface area is 169 Å². The minimum atomic E-state index is -0.345. The normalized spacial score (nSPS) is 16.7. The van der Waals surface area contributed by atoms with Gasteiger partial charge in [-0.3, -0.25) is 14.5 Å². The molecule has 0 atom stereocenters. The molecular formula is C21H26FN5O2. The van der Waals surface area contributed by atoms with Crippen molar-refractivity contribution < 1.29 is 14.0 Å². The van der Waals surface area contributed by atoms with Crippen molar-refractivity contribution in [3.05, 3.63) is 47.0 Å². The van der Waals surface area contributed by atoms with E-state index in [1.165, 1.54) is 6.07 Å². The van der Waals surface area contributed by atoms with E-state index in [9.17, 15) is 14.0 Å². The minimum Gasteiger partial charge on any atom is -0.355 e. The molecule has 8 heteroatoms. The third-order valence-electron chi connectivity index (χ3n) is 5.61. The lowest BCUT2D eigenvalue weighted by atomic mass is 10.1. The average molecular weight is 399 g/mol. The first-order valence-corrected chi connectivity index (χ1v) is 10.2. The number of aromatic nitrogens is 2. The number of amides is 2. The van der Waals surface area contributed by atoms with Crippen molar-refractivity contribution in [2.75, 3.05) is 39.3 Å². The third kappa shape index (κ3) is 3.89. The highest BCUT2D eigenvalue weighted by Crippen LogP contribution is 2.29. The highest BCUT2D eigenvalue weighted by atomic mass is 19.1. The van der Waals surface area contributed by atoms with Gasteiger partial charge in [0.1, 0.15) is 11.5 Å². The van der Waals surface area contributed by atoms with E-state index in [1.54, 1.807) is 27.8 Å². The number of para-hydroxylation sites is 1. The SMILES string of the molecule is CCNC(=O)CN1CCN(C(=O)c2nn(-c3ccccc3F)c3c2CCC3)CC1. The second kappa shape index (κ2) is 8.32. The fourth-order valence-corrected chi connectivity index (χ4v) is 4.15. The number of piperazine rings is 1. The lowest BCUT2D eigenvalue weighted by Gasteiger charge is -2.34. The van der Waals surface area contributed by atoms with Gasteiger partial charge in [0.2, 0.25) is 5.91 Å². The predicted molar refractivity (Wildman–Crippen MR) is 107 cm³/mol. The van der Waals surface area contributed by atoms with Gasteiger partial charge in [0.05, 0.1) is 6.54 Å². The van der Waals surface area contributed by atoms with Crippen LogP contribution in [0.15, 0.2) is 24.3 Å². The van der Waals surface area contributed by atoms with Crippen molar-refractivity contribution in [2.45, 2.75) is 26.2 Å². The number of carbonyl (C=O) groups is 2. The van der Waals surface area contributed by atoms with Crippen LogP contribution in [0.3, 0.4) is 0 Å². The molecule has 29 heavy (non-hydrogen) atoms. The Morgan fingerprint density at radius 2 is 1.90 bits per heavy atom. The molecule has 1 saturated heterocycles. The number of hydrogen-bond donors (Lipinski definition) is 1. The summed E-state index contributed by atoms with van der Waals surface area (Å²) in [5.74, 6) is -0.438. The fourth-order valence-electron chi connectivity index (χ4n) is 4.15. The van der Waals surface area contributed by atoms with Gasteiger partial charge in [0.15, 0.2) is 5.69 Å². The van der Waals surface area contributed by atoms with Crippen molar-refractivity contribution in [1.29, 1.82) is 0 Å². The topological polar surface area (TPSA) is 70.5 Å². The number of fused-ring (bicyclic) bond motifs is 1. The smallest absolute Gasteiger partial charge is 0.274 e. The molecule has 0 unspecified atom stereocenters. The van der Waals surface area contributed by atoms with Crippen molar-refractivity contribution in [3.63, 3.8) is 0 Å². The summed E-state index contributed by atoms with van der Waals surface area (Å²) in [6, 6.07) is 6.52. The van der Waals surface area contributed by atoms with Crippen molar-refractivity contribution in [1.82, 2.24) is 24.9 Å². The summed E-state index contributed by atoms with van der Waals surface area (Å²) >= 11 is 0. The summed E-state index contributed by atoms with van der Waals surface area (Å²) < 4.78 is 15.9. The van der Waals surface area contributed by atoms with Gasteiger partial charge in [0.25, 0.3) is 5.91 Å². The Morgan fingerprint density at radius 1 is 1.14 bits per heavy atom. The van der Waals surface area contributed by atoms with E-state index < -0.39 is 0 Å². The molecule has 0 radical (unpaired) electrons. The van der Waals surface area contributed by atoms with Crippen LogP contribution in [0.1, 0.15) is 35.1 Å². The molecule has 2 aliphatic rings. The first kappa shape index (κ1) is 19.6. The molecule has 1 aliphatic heterocycles. The monoisotopic (exact) mass is 399 g/mol. The zero-order valence-corrected chi connectivity index (χ0v) is 16.7. The molecule has 1 fully saturated rings. The van der Waals surface area contributed by atoms with Crippen LogP contribution in [-0.4, -0.2) is 70.7 Å². The summed E-state index contributed by atoms with van der Waals surface area (Å²) in [4.78, 5) is 28.8. The summed E-state index contributed by atoms with van der Waals surface area (Å²) in [5, 5.41) is 7.34. The van der Waals surface area contributed by atoms with E-state index >= 15 is 0 Å². The Balaban J connectivity index is 1.50. The third-order valence-corrected chi connectivity index (χ3v) is 5.61.